The van der Waals surface area contributed by atoms with E-state index in [2.05, 4.69) is 21.4 Å². The van der Waals surface area contributed by atoms with Crippen LogP contribution in [0.2, 0.25) is 0 Å². The van der Waals surface area contributed by atoms with Crippen LogP contribution in [0.1, 0.15) is 13.8 Å². The van der Waals surface area contributed by atoms with E-state index >= 15 is 0 Å². The number of carbonyl (C=O) groups is 3. The third-order valence-corrected chi connectivity index (χ3v) is 3.47. The topological polar surface area (TPSA) is 90.9 Å². The van der Waals surface area contributed by atoms with E-state index in [1.807, 2.05) is 0 Å². The number of esters is 2. The largest absolute Gasteiger partial charge is 0.469 e. The van der Waals surface area contributed by atoms with Crippen molar-refractivity contribution in [3.63, 3.8) is 0 Å². The molecule has 0 bridgehead atoms. The van der Waals surface area contributed by atoms with Gasteiger partial charge < -0.3 is 19.5 Å². The number of thioether (sulfide) groups is 1. The lowest BCUT2D eigenvalue weighted by Gasteiger charge is -2.20. The van der Waals surface area contributed by atoms with Gasteiger partial charge in [-0.15, -0.1) is 11.8 Å². The first kappa shape index (κ1) is 19.3. The molecule has 21 heavy (non-hydrogen) atoms. The molecule has 0 aliphatic rings. The Morgan fingerprint density at radius 1 is 1.29 bits per heavy atom. The predicted molar refractivity (Wildman–Crippen MR) is 78.8 cm³/mol. The van der Waals surface area contributed by atoms with Gasteiger partial charge in [-0.05, 0) is 13.8 Å². The van der Waals surface area contributed by atoms with E-state index in [-0.39, 0.29) is 25.1 Å². The van der Waals surface area contributed by atoms with Crippen LogP contribution >= 0.6 is 11.8 Å². The summed E-state index contributed by atoms with van der Waals surface area (Å²) in [5.41, 5.74) is -0.641. The zero-order valence-electron chi connectivity index (χ0n) is 12.5. The molecule has 120 valence electrons. The van der Waals surface area contributed by atoms with E-state index in [0.29, 0.717) is 5.75 Å². The van der Waals surface area contributed by atoms with Crippen molar-refractivity contribution in [2.24, 2.45) is 5.41 Å². The van der Waals surface area contributed by atoms with Crippen molar-refractivity contribution in [1.82, 2.24) is 5.32 Å². The minimum atomic E-state index is -0.641. The van der Waals surface area contributed by atoms with Crippen molar-refractivity contribution in [2.45, 2.75) is 13.8 Å². The van der Waals surface area contributed by atoms with Crippen LogP contribution in [-0.4, -0.2) is 50.0 Å². The quantitative estimate of drug-likeness (QED) is 0.225. The fraction of sp³-hybridized carbons (Fsp3) is 0.615. The fourth-order valence-electron chi connectivity index (χ4n) is 1.14. The SMILES string of the molecule is C=CC(=O)OCCNC(=O)OCSCC(C)(C)C(=O)OC. The Labute approximate surface area is 128 Å². The van der Waals surface area contributed by atoms with E-state index < -0.39 is 17.5 Å². The highest BCUT2D eigenvalue weighted by atomic mass is 32.2. The molecule has 0 spiro atoms. The number of hydrogen-bond donors (Lipinski definition) is 1. The summed E-state index contributed by atoms with van der Waals surface area (Å²) in [5.74, 6) is -0.294. The second-order valence-electron chi connectivity index (χ2n) is 4.57. The first-order chi connectivity index (χ1) is 9.83. The summed E-state index contributed by atoms with van der Waals surface area (Å²) in [5, 5.41) is 2.42. The number of nitrogens with one attached hydrogen (secondary N) is 1. The molecule has 0 aliphatic heterocycles. The molecule has 0 saturated heterocycles. The number of hydrogen-bond acceptors (Lipinski definition) is 7. The van der Waals surface area contributed by atoms with E-state index in [1.54, 1.807) is 13.8 Å². The lowest BCUT2D eigenvalue weighted by molar-refractivity contribution is -0.149. The number of carbonyl (C=O) groups excluding carboxylic acids is 3. The van der Waals surface area contributed by atoms with Crippen LogP contribution in [0.15, 0.2) is 12.7 Å². The van der Waals surface area contributed by atoms with Gasteiger partial charge in [-0.25, -0.2) is 9.59 Å². The lowest BCUT2D eigenvalue weighted by atomic mass is 9.97. The first-order valence-electron chi connectivity index (χ1n) is 6.19. The monoisotopic (exact) mass is 319 g/mol. The number of amides is 1. The molecule has 0 heterocycles. The molecule has 0 rings (SSSR count). The first-order valence-corrected chi connectivity index (χ1v) is 7.35. The van der Waals surface area contributed by atoms with Crippen molar-refractivity contribution in [2.75, 3.05) is 32.0 Å². The molecule has 0 saturated carbocycles. The maximum Gasteiger partial charge on any atom is 0.408 e. The fourth-order valence-corrected chi connectivity index (χ4v) is 2.04. The minimum Gasteiger partial charge on any atom is -0.469 e. The summed E-state index contributed by atoms with van der Waals surface area (Å²) in [6, 6.07) is 0. The third kappa shape index (κ3) is 8.96. The zero-order chi connectivity index (χ0) is 16.3. The molecule has 0 aromatic carbocycles. The molecule has 8 heteroatoms. The molecule has 0 aliphatic carbocycles. The molecule has 7 nitrogen and oxygen atoms in total. The molecule has 0 radical (unpaired) electrons. The standard InChI is InChI=1S/C13H21NO6S/c1-5-10(15)19-7-6-14-12(17)20-9-21-8-13(2,3)11(16)18-4/h5H,1,6-9H2,2-4H3,(H,14,17). The molecule has 0 atom stereocenters. The van der Waals surface area contributed by atoms with Gasteiger partial charge in [0.05, 0.1) is 19.1 Å². The van der Waals surface area contributed by atoms with Crippen molar-refractivity contribution < 1.29 is 28.6 Å². The lowest BCUT2D eigenvalue weighted by Crippen LogP contribution is -2.30. The molecule has 0 unspecified atom stereocenters. The van der Waals surface area contributed by atoms with Crippen LogP contribution in [0.3, 0.4) is 0 Å². The van der Waals surface area contributed by atoms with Gasteiger partial charge >= 0.3 is 18.0 Å². The molecule has 0 aromatic heterocycles. The van der Waals surface area contributed by atoms with Crippen LogP contribution < -0.4 is 5.32 Å². The van der Waals surface area contributed by atoms with Crippen LogP contribution in [0.5, 0.6) is 0 Å². The third-order valence-electron chi connectivity index (χ3n) is 2.26. The highest BCUT2D eigenvalue weighted by molar-refractivity contribution is 7.99. The summed E-state index contributed by atoms with van der Waals surface area (Å²) >= 11 is 1.30. The maximum atomic E-state index is 11.4. The Morgan fingerprint density at radius 2 is 1.95 bits per heavy atom. The van der Waals surface area contributed by atoms with Crippen molar-refractivity contribution >= 4 is 29.8 Å². The van der Waals surface area contributed by atoms with Crippen molar-refractivity contribution in [1.29, 1.82) is 0 Å². The van der Waals surface area contributed by atoms with Crippen molar-refractivity contribution in [3.8, 4) is 0 Å². The Hall–Kier alpha value is -1.70. The molecule has 0 aromatic rings. The minimum absolute atomic E-state index is 0.0441. The highest BCUT2D eigenvalue weighted by Gasteiger charge is 2.28. The Balaban J connectivity index is 3.69. The molecular formula is C13H21NO6S. The van der Waals surface area contributed by atoms with Crippen LogP contribution in [-0.2, 0) is 23.8 Å². The smallest absolute Gasteiger partial charge is 0.408 e. The van der Waals surface area contributed by atoms with Crippen LogP contribution in [0.25, 0.3) is 0 Å². The van der Waals surface area contributed by atoms with Crippen LogP contribution in [0, 0.1) is 5.41 Å². The van der Waals surface area contributed by atoms with Gasteiger partial charge in [0, 0.05) is 11.8 Å². The second kappa shape index (κ2) is 10.1. The highest BCUT2D eigenvalue weighted by Crippen LogP contribution is 2.23. The van der Waals surface area contributed by atoms with E-state index in [0.717, 1.165) is 6.08 Å². The number of ether oxygens (including phenoxy) is 3. The molecule has 0 fully saturated rings. The van der Waals surface area contributed by atoms with Gasteiger partial charge in [0.1, 0.15) is 12.5 Å². The van der Waals surface area contributed by atoms with E-state index in [9.17, 15) is 14.4 Å². The maximum absolute atomic E-state index is 11.4. The van der Waals surface area contributed by atoms with Gasteiger partial charge in [-0.3, -0.25) is 4.79 Å². The molecule has 1 amide bonds. The summed E-state index contributed by atoms with van der Waals surface area (Å²) in [7, 11) is 1.33. The zero-order valence-corrected chi connectivity index (χ0v) is 13.3. The molecular weight excluding hydrogens is 298 g/mol. The van der Waals surface area contributed by atoms with Crippen molar-refractivity contribution in [3.05, 3.63) is 12.7 Å². The predicted octanol–water partition coefficient (Wildman–Crippen LogP) is 1.33. The average molecular weight is 319 g/mol. The Morgan fingerprint density at radius 3 is 2.52 bits per heavy atom. The van der Waals surface area contributed by atoms with E-state index in [1.165, 1.54) is 18.9 Å². The summed E-state index contributed by atoms with van der Waals surface area (Å²) < 4.78 is 14.2. The normalized spacial score (nSPS) is 10.4. The average Bonchev–Trinajstić information content (AvgIpc) is 2.46. The number of rotatable bonds is 9. The van der Waals surface area contributed by atoms with Gasteiger partial charge in [-0.2, -0.15) is 0 Å². The number of alkyl carbamates (subject to hydrolysis) is 1. The summed E-state index contributed by atoms with van der Waals surface area (Å²) in [4.78, 5) is 33.4. The van der Waals surface area contributed by atoms with Gasteiger partial charge in [0.25, 0.3) is 0 Å². The Bertz CT molecular complexity index is 383. The van der Waals surface area contributed by atoms with Gasteiger partial charge in [0.2, 0.25) is 0 Å². The van der Waals surface area contributed by atoms with Gasteiger partial charge in [-0.1, -0.05) is 6.58 Å². The Kier molecular flexibility index (Phi) is 9.27. The van der Waals surface area contributed by atoms with E-state index in [4.69, 9.17) is 4.74 Å². The number of methoxy groups -OCH3 is 1. The summed E-state index contributed by atoms with van der Waals surface area (Å²) in [6.45, 7) is 6.93. The summed E-state index contributed by atoms with van der Waals surface area (Å²) in [6.07, 6.45) is 0.422. The second-order valence-corrected chi connectivity index (χ2v) is 5.50. The molecule has 1 N–H and O–H groups in total. The van der Waals surface area contributed by atoms with Crippen LogP contribution in [0.4, 0.5) is 4.79 Å². The van der Waals surface area contributed by atoms with Gasteiger partial charge in [0.15, 0.2) is 0 Å².